The highest BCUT2D eigenvalue weighted by Gasteiger charge is 2.32. The number of aromatic amines is 1. The van der Waals surface area contributed by atoms with E-state index < -0.39 is 15.1 Å². The van der Waals surface area contributed by atoms with Gasteiger partial charge in [0.05, 0.1) is 16.8 Å². The third-order valence-electron chi connectivity index (χ3n) is 4.00. The van der Waals surface area contributed by atoms with Crippen molar-refractivity contribution in [1.29, 1.82) is 0 Å². The molecule has 1 saturated heterocycles. The van der Waals surface area contributed by atoms with Crippen LogP contribution in [0.25, 0.3) is 11.0 Å². The third kappa shape index (κ3) is 2.16. The lowest BCUT2D eigenvalue weighted by atomic mass is 10.1. The molecular formula is C14H18N2O2S. The highest BCUT2D eigenvalue weighted by molar-refractivity contribution is 7.91. The highest BCUT2D eigenvalue weighted by atomic mass is 32.2. The maximum Gasteiger partial charge on any atom is 0.160 e. The average molecular weight is 278 g/mol. The second kappa shape index (κ2) is 4.34. The molecule has 1 aromatic carbocycles. The van der Waals surface area contributed by atoms with Crippen LogP contribution in [-0.2, 0) is 9.84 Å². The Morgan fingerprint density at radius 1 is 1.21 bits per heavy atom. The summed E-state index contributed by atoms with van der Waals surface area (Å²) < 4.78 is 24.3. The largest absolute Gasteiger partial charge is 0.341 e. The Morgan fingerprint density at radius 3 is 2.68 bits per heavy atom. The minimum Gasteiger partial charge on any atom is -0.341 e. The lowest BCUT2D eigenvalue weighted by Gasteiger charge is -2.20. The molecule has 3 rings (SSSR count). The van der Waals surface area contributed by atoms with Gasteiger partial charge in [0.25, 0.3) is 0 Å². The Balaban J connectivity index is 2.10. The monoisotopic (exact) mass is 278 g/mol. The maximum absolute atomic E-state index is 12.1. The third-order valence-corrected chi connectivity index (χ3v) is 6.18. The quantitative estimate of drug-likeness (QED) is 0.872. The molecule has 1 aliphatic rings. The number of rotatable bonds is 1. The summed E-state index contributed by atoms with van der Waals surface area (Å²) in [6.45, 7) is 4.09. The summed E-state index contributed by atoms with van der Waals surface area (Å²) in [6, 6.07) is 4.05. The number of benzene rings is 1. The van der Waals surface area contributed by atoms with Gasteiger partial charge in [-0.05, 0) is 49.9 Å². The number of H-pyrrole nitrogens is 1. The molecule has 0 spiro atoms. The molecular weight excluding hydrogens is 260 g/mol. The second-order valence-corrected chi connectivity index (χ2v) is 7.73. The molecule has 102 valence electrons. The van der Waals surface area contributed by atoms with Gasteiger partial charge in [0.15, 0.2) is 9.84 Å². The van der Waals surface area contributed by atoms with Crippen molar-refractivity contribution in [2.24, 2.45) is 0 Å². The lowest BCUT2D eigenvalue weighted by Crippen LogP contribution is -2.22. The second-order valence-electron chi connectivity index (χ2n) is 5.43. The first-order chi connectivity index (χ1) is 8.97. The molecule has 4 nitrogen and oxygen atoms in total. The predicted octanol–water partition coefficient (Wildman–Crippen LogP) is 2.82. The Bertz CT molecular complexity index is 692. The standard InChI is InChI=1S/C14H18N2O2S/c1-9-7-11-12(8-10(9)2)16-14(15-11)13-5-3-4-6-19(13,17)18/h7-8,13H,3-6H2,1-2H3,(H,15,16). The molecule has 1 aromatic heterocycles. The van der Waals surface area contributed by atoms with Crippen molar-refractivity contribution in [3.63, 3.8) is 0 Å². The van der Waals surface area contributed by atoms with Crippen LogP contribution >= 0.6 is 0 Å². The molecule has 0 amide bonds. The van der Waals surface area contributed by atoms with Crippen LogP contribution in [0, 0.1) is 13.8 Å². The topological polar surface area (TPSA) is 62.8 Å². The maximum atomic E-state index is 12.1. The first kappa shape index (κ1) is 12.7. The summed E-state index contributed by atoms with van der Waals surface area (Å²) in [5.41, 5.74) is 4.16. The Labute approximate surface area is 113 Å². The Morgan fingerprint density at radius 2 is 1.95 bits per heavy atom. The van der Waals surface area contributed by atoms with Crippen LogP contribution in [0.4, 0.5) is 0 Å². The first-order valence-corrected chi connectivity index (χ1v) is 8.37. The smallest absolute Gasteiger partial charge is 0.160 e. The molecule has 1 fully saturated rings. The van der Waals surface area contributed by atoms with Gasteiger partial charge in [-0.25, -0.2) is 13.4 Å². The first-order valence-electron chi connectivity index (χ1n) is 6.66. The average Bonchev–Trinajstić information content (AvgIpc) is 2.71. The number of imidazole rings is 1. The van der Waals surface area contributed by atoms with Gasteiger partial charge < -0.3 is 4.98 Å². The zero-order valence-corrected chi connectivity index (χ0v) is 12.0. The van der Waals surface area contributed by atoms with Crippen LogP contribution in [0.3, 0.4) is 0 Å². The predicted molar refractivity (Wildman–Crippen MR) is 75.9 cm³/mol. The number of fused-ring (bicyclic) bond motifs is 1. The number of hydrogen-bond acceptors (Lipinski definition) is 3. The summed E-state index contributed by atoms with van der Waals surface area (Å²) >= 11 is 0. The van der Waals surface area contributed by atoms with E-state index in [4.69, 9.17) is 0 Å². The summed E-state index contributed by atoms with van der Waals surface area (Å²) in [5.74, 6) is 0.895. The molecule has 5 heteroatoms. The number of hydrogen-bond donors (Lipinski definition) is 1. The summed E-state index contributed by atoms with van der Waals surface area (Å²) in [6.07, 6.45) is 2.41. The van der Waals surface area contributed by atoms with Gasteiger partial charge in [-0.2, -0.15) is 0 Å². The highest BCUT2D eigenvalue weighted by Crippen LogP contribution is 2.33. The Hall–Kier alpha value is -1.36. The van der Waals surface area contributed by atoms with Gasteiger partial charge in [0, 0.05) is 0 Å². The van der Waals surface area contributed by atoms with Crippen LogP contribution < -0.4 is 0 Å². The minimum atomic E-state index is -3.04. The number of nitrogens with one attached hydrogen (secondary N) is 1. The van der Waals surface area contributed by atoms with E-state index in [1.54, 1.807) is 0 Å². The molecule has 1 atom stereocenters. The summed E-state index contributed by atoms with van der Waals surface area (Å²) in [5, 5.41) is -0.450. The molecule has 19 heavy (non-hydrogen) atoms. The number of sulfone groups is 1. The zero-order chi connectivity index (χ0) is 13.6. The molecule has 0 radical (unpaired) electrons. The molecule has 1 aliphatic heterocycles. The summed E-state index contributed by atoms with van der Waals surface area (Å²) in [7, 11) is -3.04. The van der Waals surface area contributed by atoms with E-state index in [-0.39, 0.29) is 5.75 Å². The number of nitrogens with zero attached hydrogens (tertiary/aromatic N) is 1. The van der Waals surface area contributed by atoms with Gasteiger partial charge in [-0.3, -0.25) is 0 Å². The van der Waals surface area contributed by atoms with Gasteiger partial charge in [-0.1, -0.05) is 6.42 Å². The lowest BCUT2D eigenvalue weighted by molar-refractivity contribution is 0.540. The van der Waals surface area contributed by atoms with Gasteiger partial charge in [0.2, 0.25) is 0 Å². The van der Waals surface area contributed by atoms with Crippen molar-refractivity contribution in [2.45, 2.75) is 38.4 Å². The van der Waals surface area contributed by atoms with Crippen molar-refractivity contribution >= 4 is 20.9 Å². The van der Waals surface area contributed by atoms with Gasteiger partial charge in [-0.15, -0.1) is 0 Å². The van der Waals surface area contributed by atoms with Crippen molar-refractivity contribution in [2.75, 3.05) is 5.75 Å². The zero-order valence-electron chi connectivity index (χ0n) is 11.2. The molecule has 0 aliphatic carbocycles. The van der Waals surface area contributed by atoms with E-state index in [1.807, 2.05) is 26.0 Å². The van der Waals surface area contributed by atoms with E-state index >= 15 is 0 Å². The van der Waals surface area contributed by atoms with Crippen molar-refractivity contribution < 1.29 is 8.42 Å². The van der Waals surface area contributed by atoms with Crippen molar-refractivity contribution in [3.05, 3.63) is 29.1 Å². The van der Waals surface area contributed by atoms with Gasteiger partial charge in [0.1, 0.15) is 11.1 Å². The molecule has 1 N–H and O–H groups in total. The normalized spacial score (nSPS) is 22.7. The molecule has 0 bridgehead atoms. The van der Waals surface area contributed by atoms with E-state index in [2.05, 4.69) is 9.97 Å². The number of aromatic nitrogens is 2. The van der Waals surface area contributed by atoms with Crippen molar-refractivity contribution in [1.82, 2.24) is 9.97 Å². The van der Waals surface area contributed by atoms with Crippen LogP contribution in [-0.4, -0.2) is 24.1 Å². The molecule has 2 aromatic rings. The molecule has 2 heterocycles. The fourth-order valence-corrected chi connectivity index (χ4v) is 4.57. The fraction of sp³-hybridized carbons (Fsp3) is 0.500. The van der Waals surface area contributed by atoms with Crippen LogP contribution in [0.1, 0.15) is 41.5 Å². The number of aryl methyl sites for hydroxylation is 2. The van der Waals surface area contributed by atoms with Crippen LogP contribution in [0.5, 0.6) is 0 Å². The van der Waals surface area contributed by atoms with E-state index in [1.165, 1.54) is 11.1 Å². The molecule has 1 unspecified atom stereocenters. The van der Waals surface area contributed by atoms with Gasteiger partial charge >= 0.3 is 0 Å². The SMILES string of the molecule is Cc1cc2nc(C3CCCCS3(=O)=O)[nH]c2cc1C. The van der Waals surface area contributed by atoms with Crippen LogP contribution in [0.15, 0.2) is 12.1 Å². The van der Waals surface area contributed by atoms with E-state index in [0.717, 1.165) is 23.9 Å². The minimum absolute atomic E-state index is 0.284. The van der Waals surface area contributed by atoms with Crippen LogP contribution in [0.2, 0.25) is 0 Å². The Kier molecular flexibility index (Phi) is 2.89. The molecule has 0 saturated carbocycles. The van der Waals surface area contributed by atoms with E-state index in [9.17, 15) is 8.42 Å². The van der Waals surface area contributed by atoms with Crippen molar-refractivity contribution in [3.8, 4) is 0 Å². The fourth-order valence-electron chi connectivity index (χ4n) is 2.70. The van der Waals surface area contributed by atoms with E-state index in [0.29, 0.717) is 12.2 Å². The summed E-state index contributed by atoms with van der Waals surface area (Å²) in [4.78, 5) is 7.70.